The second-order valence-electron chi connectivity index (χ2n) is 17.7. The van der Waals surface area contributed by atoms with E-state index in [1.54, 1.807) is 11.1 Å². The summed E-state index contributed by atoms with van der Waals surface area (Å²) < 4.78 is 0. The largest absolute Gasteiger partial charge is 0.0911 e. The zero-order chi connectivity index (χ0) is 31.5. The Morgan fingerprint density at radius 3 is 1.30 bits per heavy atom. The van der Waals surface area contributed by atoms with E-state index in [1.165, 1.54) is 73.1 Å². The monoisotopic (exact) mass is 624 g/mol. The summed E-state index contributed by atoms with van der Waals surface area (Å²) in [5.74, 6) is 3.01. The normalized spacial score (nSPS) is 25.9. The average molecular weight is 625 g/mol. The van der Waals surface area contributed by atoms with Crippen LogP contribution in [-0.2, 0) is 12.3 Å². The van der Waals surface area contributed by atoms with Gasteiger partial charge in [0.15, 0.2) is 0 Å². The molecule has 236 valence electrons. The Morgan fingerprint density at radius 2 is 0.932 bits per heavy atom. The van der Waals surface area contributed by atoms with Crippen molar-refractivity contribution in [2.75, 3.05) is 0 Å². The molecule has 3 aromatic rings. The van der Waals surface area contributed by atoms with Crippen LogP contribution in [0, 0.1) is 17.8 Å². The van der Waals surface area contributed by atoms with Crippen molar-refractivity contribution < 1.29 is 0 Å². The van der Waals surface area contributed by atoms with Crippen LogP contribution in [0.2, 0.25) is 0 Å². The summed E-state index contributed by atoms with van der Waals surface area (Å²) >= 11 is 0. The molecule has 4 aliphatic carbocycles. The van der Waals surface area contributed by atoms with Gasteiger partial charge < -0.3 is 0 Å². The second kappa shape index (κ2) is 12.0. The van der Waals surface area contributed by atoms with Crippen molar-refractivity contribution in [1.29, 1.82) is 0 Å². The van der Waals surface area contributed by atoms with Gasteiger partial charge in [0.25, 0.3) is 0 Å². The molecule has 0 saturated heterocycles. The zero-order valence-corrected chi connectivity index (χ0v) is 31.0. The molecule has 2 heteroatoms. The molecule has 4 bridgehead atoms. The van der Waals surface area contributed by atoms with E-state index in [4.69, 9.17) is 0 Å². The zero-order valence-electron chi connectivity index (χ0n) is 29.2. The van der Waals surface area contributed by atoms with Crippen LogP contribution in [-0.4, -0.2) is 20.6 Å². The quantitative estimate of drug-likeness (QED) is 0.229. The minimum Gasteiger partial charge on any atom is -0.0911 e. The van der Waals surface area contributed by atoms with Crippen LogP contribution >= 0.6 is 15.8 Å². The molecule has 3 aromatic carbocycles. The molecule has 1 atom stereocenters. The number of benzene rings is 3. The third-order valence-electron chi connectivity index (χ3n) is 11.2. The Balaban J connectivity index is 1.53. The molecule has 1 unspecified atom stereocenters. The van der Waals surface area contributed by atoms with Gasteiger partial charge in [-0.05, 0) is 135 Å². The third kappa shape index (κ3) is 6.65. The van der Waals surface area contributed by atoms with E-state index in [0.717, 1.165) is 17.8 Å². The van der Waals surface area contributed by atoms with Gasteiger partial charge in [0.05, 0.1) is 0 Å². The molecule has 0 radical (unpaired) electrons. The minimum absolute atomic E-state index is 0.187. The second-order valence-corrected chi connectivity index (χ2v) is 25.0. The van der Waals surface area contributed by atoms with E-state index in [9.17, 15) is 0 Å². The fourth-order valence-electron chi connectivity index (χ4n) is 10.0. The molecule has 4 aliphatic rings. The molecule has 0 aliphatic heterocycles. The van der Waals surface area contributed by atoms with Gasteiger partial charge in [-0.1, -0.05) is 139 Å². The maximum absolute atomic E-state index is 2.69. The lowest BCUT2D eigenvalue weighted by molar-refractivity contribution is 0.0347. The molecule has 0 aromatic heterocycles. The summed E-state index contributed by atoms with van der Waals surface area (Å²) in [6.45, 7) is 22.8. The minimum atomic E-state index is -0.253. The van der Waals surface area contributed by atoms with Gasteiger partial charge in [0, 0.05) is 0 Å². The summed E-state index contributed by atoms with van der Waals surface area (Å²) in [7, 11) is -0.441. The topological polar surface area (TPSA) is 0 Å². The van der Waals surface area contributed by atoms with Crippen molar-refractivity contribution in [3.05, 3.63) is 83.9 Å². The standard InChI is InChI=1S/C42H58P2/c1-39(2,3)43(40(4,5)6)28-35-23-37(33-16-12-10-13-17-33)38(34-18-14-11-15-19-34)24-36(35)29-44(41(7,8)9)42-25-30-20-31(26-42)22-32(21-30)27-42/h10-19,23-24,30-32H,20-22,25-29H2,1-9H3. The van der Waals surface area contributed by atoms with Gasteiger partial charge in [-0.25, -0.2) is 0 Å². The molecule has 7 rings (SSSR count). The Labute approximate surface area is 272 Å². The summed E-state index contributed by atoms with van der Waals surface area (Å²) in [4.78, 5) is 0. The van der Waals surface area contributed by atoms with Crippen LogP contribution in [0.1, 0.15) is 112 Å². The first-order chi connectivity index (χ1) is 20.6. The molecule has 0 amide bonds. The fourth-order valence-corrected chi connectivity index (χ4v) is 17.9. The van der Waals surface area contributed by atoms with E-state index in [1.807, 2.05) is 0 Å². The number of hydrogen-bond donors (Lipinski definition) is 0. The summed E-state index contributed by atoms with van der Waals surface area (Å²) in [5.41, 5.74) is 8.82. The summed E-state index contributed by atoms with van der Waals surface area (Å²) in [6.07, 6.45) is 11.6. The Kier molecular flexibility index (Phi) is 8.82. The molecular weight excluding hydrogens is 566 g/mol. The summed E-state index contributed by atoms with van der Waals surface area (Å²) in [5, 5.41) is 1.53. The number of hydrogen-bond acceptors (Lipinski definition) is 0. The smallest absolute Gasteiger partial charge is 0.00603 e. The fraction of sp³-hybridized carbons (Fsp3) is 0.571. The molecule has 0 N–H and O–H groups in total. The first-order valence-corrected chi connectivity index (χ1v) is 20.5. The highest BCUT2D eigenvalue weighted by molar-refractivity contribution is 7.60. The molecular formula is C42H58P2. The van der Waals surface area contributed by atoms with E-state index in [0.29, 0.717) is 20.6 Å². The van der Waals surface area contributed by atoms with Crippen LogP contribution in [0.25, 0.3) is 22.3 Å². The lowest BCUT2D eigenvalue weighted by Crippen LogP contribution is -2.51. The SMILES string of the molecule is CC(C)(C)P(Cc1cc(-c2ccccc2)c(-c2ccccc2)cc1CP(C(C)(C)C)C12CC3CC(CC(C3)C1)C2)C(C)(C)C. The lowest BCUT2D eigenvalue weighted by atomic mass is 9.56. The van der Waals surface area contributed by atoms with E-state index < -0.39 is 0 Å². The van der Waals surface area contributed by atoms with Gasteiger partial charge in [0.2, 0.25) is 0 Å². The first-order valence-electron chi connectivity index (χ1n) is 17.4. The third-order valence-corrected chi connectivity index (χ3v) is 19.0. The molecule has 4 saturated carbocycles. The van der Waals surface area contributed by atoms with Crippen molar-refractivity contribution in [2.45, 2.75) is 134 Å². The highest BCUT2D eigenvalue weighted by Gasteiger charge is 2.56. The Hall–Kier alpha value is -1.48. The van der Waals surface area contributed by atoms with Crippen molar-refractivity contribution >= 4 is 15.8 Å². The van der Waals surface area contributed by atoms with Crippen LogP contribution in [0.4, 0.5) is 0 Å². The summed E-state index contributed by atoms with van der Waals surface area (Å²) in [6, 6.07) is 27.8. The van der Waals surface area contributed by atoms with Gasteiger partial charge in [-0.2, -0.15) is 0 Å². The molecule has 44 heavy (non-hydrogen) atoms. The maximum Gasteiger partial charge on any atom is -0.00603 e. The predicted molar refractivity (Wildman–Crippen MR) is 199 cm³/mol. The lowest BCUT2D eigenvalue weighted by Gasteiger charge is -2.62. The van der Waals surface area contributed by atoms with E-state index >= 15 is 0 Å². The van der Waals surface area contributed by atoms with Crippen molar-refractivity contribution in [3.63, 3.8) is 0 Å². The molecule has 0 spiro atoms. The predicted octanol–water partition coefficient (Wildman–Crippen LogP) is 13.3. The number of rotatable bonds is 7. The Bertz CT molecular complexity index is 1380. The first kappa shape index (κ1) is 32.5. The van der Waals surface area contributed by atoms with Crippen LogP contribution < -0.4 is 0 Å². The van der Waals surface area contributed by atoms with Crippen molar-refractivity contribution in [1.82, 2.24) is 0 Å². The van der Waals surface area contributed by atoms with Crippen LogP contribution in [0.15, 0.2) is 72.8 Å². The van der Waals surface area contributed by atoms with Gasteiger partial charge in [-0.15, -0.1) is 0 Å². The van der Waals surface area contributed by atoms with E-state index in [-0.39, 0.29) is 15.8 Å². The molecule has 0 nitrogen and oxygen atoms in total. The molecule has 4 fully saturated rings. The highest BCUT2D eigenvalue weighted by Crippen LogP contribution is 2.74. The van der Waals surface area contributed by atoms with Crippen molar-refractivity contribution in [2.24, 2.45) is 17.8 Å². The van der Waals surface area contributed by atoms with Crippen LogP contribution in [0.5, 0.6) is 0 Å². The highest BCUT2D eigenvalue weighted by atomic mass is 31.1. The van der Waals surface area contributed by atoms with Gasteiger partial charge >= 0.3 is 0 Å². The van der Waals surface area contributed by atoms with Gasteiger partial charge in [0.1, 0.15) is 0 Å². The van der Waals surface area contributed by atoms with Crippen LogP contribution in [0.3, 0.4) is 0 Å². The molecule has 0 heterocycles. The van der Waals surface area contributed by atoms with Gasteiger partial charge in [-0.3, -0.25) is 0 Å². The maximum atomic E-state index is 2.69. The Morgan fingerprint density at radius 1 is 0.545 bits per heavy atom. The van der Waals surface area contributed by atoms with Crippen molar-refractivity contribution in [3.8, 4) is 22.3 Å². The van der Waals surface area contributed by atoms with E-state index in [2.05, 4.69) is 135 Å². The average Bonchev–Trinajstić information content (AvgIpc) is 2.93.